The molecule has 0 radical (unpaired) electrons. The third-order valence-corrected chi connectivity index (χ3v) is 1.76. The van der Waals surface area contributed by atoms with Gasteiger partial charge in [-0.3, -0.25) is 5.10 Å². The molecule has 1 atom stereocenters. The van der Waals surface area contributed by atoms with Crippen LogP contribution in [0.1, 0.15) is 18.6 Å². The quantitative estimate of drug-likeness (QED) is 0.616. The second kappa shape index (κ2) is 5.67. The molecule has 18 heavy (non-hydrogen) atoms. The van der Waals surface area contributed by atoms with E-state index < -0.39 is 24.1 Å². The van der Waals surface area contributed by atoms with Crippen molar-refractivity contribution in [3.05, 3.63) is 11.6 Å². The lowest BCUT2D eigenvalue weighted by Crippen LogP contribution is -2.38. The van der Waals surface area contributed by atoms with Gasteiger partial charge < -0.3 is 15.7 Å². The van der Waals surface area contributed by atoms with Crippen molar-refractivity contribution in [2.75, 3.05) is 6.54 Å². The molecule has 0 aliphatic rings. The number of carbonyl (C=O) groups excluding carboxylic acids is 1. The zero-order chi connectivity index (χ0) is 13.8. The smallest absolute Gasteiger partial charge is 0.392 e. The van der Waals surface area contributed by atoms with E-state index in [9.17, 15) is 18.0 Å². The summed E-state index contributed by atoms with van der Waals surface area (Å²) in [6.07, 6.45) is -5.33. The molecule has 2 amide bonds. The van der Waals surface area contributed by atoms with Crippen molar-refractivity contribution >= 4 is 6.03 Å². The lowest BCUT2D eigenvalue weighted by molar-refractivity contribution is -0.144. The highest BCUT2D eigenvalue weighted by molar-refractivity contribution is 5.73. The van der Waals surface area contributed by atoms with E-state index >= 15 is 0 Å². The maximum Gasteiger partial charge on any atom is 0.453 e. The van der Waals surface area contributed by atoms with Gasteiger partial charge in [-0.25, -0.2) is 9.78 Å². The molecule has 102 valence electrons. The molecule has 0 fully saturated rings. The number of urea groups is 1. The van der Waals surface area contributed by atoms with Gasteiger partial charge in [0.2, 0.25) is 0 Å². The summed E-state index contributed by atoms with van der Waals surface area (Å²) in [6, 6.07) is -0.624. The number of nitrogens with zero attached hydrogens (tertiary/aromatic N) is 2. The number of hydrogen-bond acceptors (Lipinski definition) is 4. The molecule has 0 spiro atoms. The summed E-state index contributed by atoms with van der Waals surface area (Å²) in [5.74, 6) is -1.40. The number of rotatable bonds is 4. The topological polar surface area (TPSA) is 103 Å². The normalized spacial score (nSPS) is 13.2. The summed E-state index contributed by atoms with van der Waals surface area (Å²) >= 11 is 0. The van der Waals surface area contributed by atoms with Gasteiger partial charge in [0.15, 0.2) is 0 Å². The maximum atomic E-state index is 12.1. The number of alkyl halides is 3. The molecule has 0 aliphatic carbocycles. The Labute approximate surface area is 99.8 Å². The van der Waals surface area contributed by atoms with E-state index in [0.29, 0.717) is 0 Å². The van der Waals surface area contributed by atoms with Gasteiger partial charge in [-0.05, 0) is 6.92 Å². The fraction of sp³-hybridized carbons (Fsp3) is 0.625. The van der Waals surface area contributed by atoms with Gasteiger partial charge in [0.05, 0.1) is 12.6 Å². The number of aromatic amines is 1. The molecule has 0 aromatic carbocycles. The summed E-state index contributed by atoms with van der Waals surface area (Å²) in [4.78, 5) is 14.3. The number of H-pyrrole nitrogens is 1. The lowest BCUT2D eigenvalue weighted by atomic mass is 10.4. The van der Waals surface area contributed by atoms with Crippen LogP contribution in [0.4, 0.5) is 18.0 Å². The molecule has 1 rings (SSSR count). The first-order valence-electron chi connectivity index (χ1n) is 4.97. The van der Waals surface area contributed by atoms with E-state index in [1.54, 1.807) is 0 Å². The molecule has 7 nitrogen and oxygen atoms in total. The molecule has 10 heteroatoms. The largest absolute Gasteiger partial charge is 0.453 e. The highest BCUT2D eigenvalue weighted by Gasteiger charge is 2.35. The Bertz CT molecular complexity index is 404. The van der Waals surface area contributed by atoms with Crippen molar-refractivity contribution in [2.45, 2.75) is 25.7 Å². The number of nitrogens with one attached hydrogen (secondary N) is 3. The number of aliphatic hydroxyl groups excluding tert-OH is 1. The average Bonchev–Trinajstić information content (AvgIpc) is 2.71. The van der Waals surface area contributed by atoms with E-state index in [0.717, 1.165) is 0 Å². The van der Waals surface area contributed by atoms with Crippen LogP contribution < -0.4 is 10.6 Å². The van der Waals surface area contributed by atoms with E-state index in [4.69, 9.17) is 5.11 Å². The third kappa shape index (κ3) is 4.57. The second-order valence-electron chi connectivity index (χ2n) is 3.52. The predicted octanol–water partition coefficient (Wildman–Crippen LogP) is 0.00350. The van der Waals surface area contributed by atoms with Crippen LogP contribution in [0.5, 0.6) is 0 Å². The Hall–Kier alpha value is -1.84. The number of hydrogen-bond donors (Lipinski definition) is 4. The monoisotopic (exact) mass is 267 g/mol. The van der Waals surface area contributed by atoms with Gasteiger partial charge in [-0.1, -0.05) is 0 Å². The Morgan fingerprint density at radius 2 is 2.17 bits per heavy atom. The van der Waals surface area contributed by atoms with Gasteiger partial charge in [-0.15, -0.1) is 5.10 Å². The number of carbonyl (C=O) groups is 1. The van der Waals surface area contributed by atoms with E-state index in [-0.39, 0.29) is 18.9 Å². The first-order valence-corrected chi connectivity index (χ1v) is 4.97. The fourth-order valence-electron chi connectivity index (χ4n) is 0.968. The summed E-state index contributed by atoms with van der Waals surface area (Å²) < 4.78 is 36.4. The summed E-state index contributed by atoms with van der Waals surface area (Å²) in [5.41, 5.74) is 0. The van der Waals surface area contributed by atoms with E-state index in [2.05, 4.69) is 25.8 Å². The molecular weight excluding hydrogens is 255 g/mol. The first-order chi connectivity index (χ1) is 8.29. The third-order valence-electron chi connectivity index (χ3n) is 1.76. The van der Waals surface area contributed by atoms with Crippen molar-refractivity contribution in [1.82, 2.24) is 25.8 Å². The number of amides is 2. The van der Waals surface area contributed by atoms with Crippen LogP contribution in [-0.2, 0) is 12.7 Å². The molecule has 0 bridgehead atoms. The first kappa shape index (κ1) is 14.2. The van der Waals surface area contributed by atoms with Crippen LogP contribution in [0.15, 0.2) is 0 Å². The Morgan fingerprint density at radius 1 is 1.50 bits per heavy atom. The van der Waals surface area contributed by atoms with Crippen LogP contribution in [-0.4, -0.2) is 39.0 Å². The average molecular weight is 267 g/mol. The number of halogens is 3. The zero-order valence-electron chi connectivity index (χ0n) is 9.38. The van der Waals surface area contributed by atoms with E-state index in [1.165, 1.54) is 6.92 Å². The number of aliphatic hydroxyl groups is 1. The highest BCUT2D eigenvalue weighted by atomic mass is 19.4. The summed E-state index contributed by atoms with van der Waals surface area (Å²) in [6.45, 7) is 1.29. The second-order valence-corrected chi connectivity index (χ2v) is 3.52. The molecule has 1 unspecified atom stereocenters. The van der Waals surface area contributed by atoms with E-state index in [1.807, 2.05) is 0 Å². The maximum absolute atomic E-state index is 12.1. The van der Waals surface area contributed by atoms with Gasteiger partial charge in [0, 0.05) is 6.54 Å². The molecule has 1 aromatic rings. The molecular formula is C8H12F3N5O2. The van der Waals surface area contributed by atoms with Crippen LogP contribution in [0.3, 0.4) is 0 Å². The van der Waals surface area contributed by atoms with Crippen molar-refractivity contribution in [3.63, 3.8) is 0 Å². The Morgan fingerprint density at radius 3 is 2.67 bits per heavy atom. The van der Waals surface area contributed by atoms with Crippen LogP contribution >= 0.6 is 0 Å². The van der Waals surface area contributed by atoms with Crippen molar-refractivity contribution in [1.29, 1.82) is 0 Å². The molecule has 0 aliphatic heterocycles. The molecule has 1 heterocycles. The van der Waals surface area contributed by atoms with Gasteiger partial charge in [0.25, 0.3) is 5.82 Å². The van der Waals surface area contributed by atoms with Crippen LogP contribution in [0.2, 0.25) is 0 Å². The van der Waals surface area contributed by atoms with Gasteiger partial charge in [-0.2, -0.15) is 13.2 Å². The molecule has 0 saturated carbocycles. The predicted molar refractivity (Wildman–Crippen MR) is 53.3 cm³/mol. The minimum atomic E-state index is -4.62. The van der Waals surface area contributed by atoms with Gasteiger partial charge in [0.1, 0.15) is 5.82 Å². The zero-order valence-corrected chi connectivity index (χ0v) is 9.38. The van der Waals surface area contributed by atoms with Crippen LogP contribution in [0, 0.1) is 0 Å². The highest BCUT2D eigenvalue weighted by Crippen LogP contribution is 2.25. The SMILES string of the molecule is CC(O)CNC(=O)NCc1nc(C(F)(F)F)n[nH]1. The summed E-state index contributed by atoms with van der Waals surface area (Å²) in [7, 11) is 0. The molecule has 1 aromatic heterocycles. The Kier molecular flexibility index (Phi) is 4.48. The molecule has 4 N–H and O–H groups in total. The van der Waals surface area contributed by atoms with Crippen molar-refractivity contribution in [3.8, 4) is 0 Å². The lowest BCUT2D eigenvalue weighted by Gasteiger charge is -2.07. The standard InChI is InChI=1S/C8H12F3N5O2/c1-4(17)2-12-7(18)13-3-5-14-6(16-15-5)8(9,10)11/h4,17H,2-3H2,1H3,(H2,12,13,18)(H,14,15,16). The van der Waals surface area contributed by atoms with Crippen molar-refractivity contribution in [2.24, 2.45) is 0 Å². The summed E-state index contributed by atoms with van der Waals surface area (Å²) in [5, 5.41) is 18.5. The fourth-order valence-corrected chi connectivity index (χ4v) is 0.968. The molecule has 0 saturated heterocycles. The van der Waals surface area contributed by atoms with Crippen molar-refractivity contribution < 1.29 is 23.1 Å². The Balaban J connectivity index is 2.40. The van der Waals surface area contributed by atoms with Crippen LogP contribution in [0.25, 0.3) is 0 Å². The number of aromatic nitrogens is 3. The van der Waals surface area contributed by atoms with Gasteiger partial charge >= 0.3 is 12.2 Å². The minimum Gasteiger partial charge on any atom is -0.392 e. The minimum absolute atomic E-state index is 0.0377.